The molecule has 5 nitrogen and oxygen atoms in total. The number of benzene rings is 1. The maximum absolute atomic E-state index is 10.7. The smallest absolute Gasteiger partial charge is 0.220 e. The van der Waals surface area contributed by atoms with Crippen LogP contribution < -0.4 is 5.73 Å². The summed E-state index contributed by atoms with van der Waals surface area (Å²) in [7, 11) is 0. The van der Waals surface area contributed by atoms with E-state index in [1.54, 1.807) is 12.1 Å². The Hall–Kier alpha value is -1.59. The lowest BCUT2D eigenvalue weighted by molar-refractivity contribution is -0.121. The molecular weight excluding hydrogens is 246 g/mol. The van der Waals surface area contributed by atoms with Crippen molar-refractivity contribution in [1.29, 1.82) is 0 Å². The van der Waals surface area contributed by atoms with Crippen LogP contribution in [-0.2, 0) is 10.2 Å². The van der Waals surface area contributed by atoms with Crippen molar-refractivity contribution in [3.05, 3.63) is 29.3 Å². The summed E-state index contributed by atoms with van der Waals surface area (Å²) in [6.45, 7) is 5.99. The molecule has 0 aliphatic heterocycles. The third-order valence-electron chi connectivity index (χ3n) is 2.99. The van der Waals surface area contributed by atoms with Gasteiger partial charge in [0.25, 0.3) is 0 Å². The molecule has 0 heterocycles. The number of primary amides is 1. The standard InChI is InChI=1S/C14H21NO4/c1-14(2,3)8-4-5-10(16)9(6-8)13(19)11(17)7-12(15)18/h4-6,11,13,16-17,19H,7H2,1-3H3,(H2,15,18). The molecule has 1 rings (SSSR count). The lowest BCUT2D eigenvalue weighted by Gasteiger charge is -2.23. The molecule has 0 spiro atoms. The van der Waals surface area contributed by atoms with E-state index in [2.05, 4.69) is 0 Å². The van der Waals surface area contributed by atoms with Gasteiger partial charge in [-0.1, -0.05) is 26.8 Å². The van der Waals surface area contributed by atoms with Crippen molar-refractivity contribution in [3.63, 3.8) is 0 Å². The number of rotatable bonds is 4. The summed E-state index contributed by atoms with van der Waals surface area (Å²) in [6.07, 6.45) is -3.05. The molecule has 106 valence electrons. The van der Waals surface area contributed by atoms with Crippen molar-refractivity contribution in [2.24, 2.45) is 5.73 Å². The van der Waals surface area contributed by atoms with E-state index in [-0.39, 0.29) is 23.1 Å². The molecule has 5 heteroatoms. The van der Waals surface area contributed by atoms with Crippen LogP contribution in [0.5, 0.6) is 5.75 Å². The van der Waals surface area contributed by atoms with Gasteiger partial charge in [-0.2, -0.15) is 0 Å². The van der Waals surface area contributed by atoms with Crippen LogP contribution in [0.2, 0.25) is 0 Å². The Kier molecular flexibility index (Phi) is 4.55. The molecule has 0 bridgehead atoms. The minimum atomic E-state index is -1.35. The number of phenols is 1. The van der Waals surface area contributed by atoms with Crippen molar-refractivity contribution in [3.8, 4) is 5.75 Å². The highest BCUT2D eigenvalue weighted by molar-refractivity contribution is 5.74. The maximum Gasteiger partial charge on any atom is 0.220 e. The van der Waals surface area contributed by atoms with Gasteiger partial charge in [0.15, 0.2) is 0 Å². The van der Waals surface area contributed by atoms with Crippen LogP contribution in [0, 0.1) is 0 Å². The Morgan fingerprint density at radius 3 is 2.37 bits per heavy atom. The predicted octanol–water partition coefficient (Wildman–Crippen LogP) is 0.959. The Bertz CT molecular complexity index is 465. The lowest BCUT2D eigenvalue weighted by Crippen LogP contribution is -2.26. The van der Waals surface area contributed by atoms with Crippen LogP contribution in [0.25, 0.3) is 0 Å². The van der Waals surface area contributed by atoms with Gasteiger partial charge < -0.3 is 21.1 Å². The molecule has 2 atom stereocenters. The van der Waals surface area contributed by atoms with E-state index >= 15 is 0 Å². The number of carbonyl (C=O) groups is 1. The summed E-state index contributed by atoms with van der Waals surface area (Å²) in [4.78, 5) is 10.7. The quantitative estimate of drug-likeness (QED) is 0.652. The second kappa shape index (κ2) is 5.59. The Morgan fingerprint density at radius 2 is 1.89 bits per heavy atom. The van der Waals surface area contributed by atoms with E-state index < -0.39 is 18.1 Å². The highest BCUT2D eigenvalue weighted by Crippen LogP contribution is 2.32. The van der Waals surface area contributed by atoms with Gasteiger partial charge in [0, 0.05) is 5.56 Å². The molecule has 0 aliphatic rings. The summed E-state index contributed by atoms with van der Waals surface area (Å²) < 4.78 is 0. The van der Waals surface area contributed by atoms with Gasteiger partial charge in [0.05, 0.1) is 12.5 Å². The molecule has 0 saturated heterocycles. The summed E-state index contributed by atoms with van der Waals surface area (Å²) in [6, 6.07) is 4.85. The van der Waals surface area contributed by atoms with Gasteiger partial charge in [-0.05, 0) is 23.1 Å². The molecule has 0 aliphatic carbocycles. The fraction of sp³-hybridized carbons (Fsp3) is 0.500. The third kappa shape index (κ3) is 3.94. The second-order valence-electron chi connectivity index (χ2n) is 5.71. The van der Waals surface area contributed by atoms with Gasteiger partial charge in [-0.15, -0.1) is 0 Å². The number of carbonyl (C=O) groups excluding carboxylic acids is 1. The molecule has 0 fully saturated rings. The summed E-state index contributed by atoms with van der Waals surface area (Å²) >= 11 is 0. The van der Waals surface area contributed by atoms with Gasteiger partial charge in [0.1, 0.15) is 11.9 Å². The van der Waals surface area contributed by atoms with Crippen molar-refractivity contribution < 1.29 is 20.1 Å². The molecule has 1 amide bonds. The molecule has 2 unspecified atom stereocenters. The first-order valence-electron chi connectivity index (χ1n) is 6.10. The first kappa shape index (κ1) is 15.5. The van der Waals surface area contributed by atoms with Crippen molar-refractivity contribution >= 4 is 5.91 Å². The lowest BCUT2D eigenvalue weighted by atomic mass is 9.85. The van der Waals surface area contributed by atoms with Crippen LogP contribution in [0.4, 0.5) is 0 Å². The molecule has 0 saturated carbocycles. The Balaban J connectivity index is 3.08. The average Bonchev–Trinajstić information content (AvgIpc) is 2.26. The zero-order valence-corrected chi connectivity index (χ0v) is 11.4. The van der Waals surface area contributed by atoms with E-state index in [0.717, 1.165) is 5.56 Å². The fourth-order valence-electron chi connectivity index (χ4n) is 1.78. The summed E-state index contributed by atoms with van der Waals surface area (Å²) in [5.41, 5.74) is 5.92. The second-order valence-corrected chi connectivity index (χ2v) is 5.71. The van der Waals surface area contributed by atoms with Crippen LogP contribution >= 0.6 is 0 Å². The minimum absolute atomic E-state index is 0.121. The van der Waals surface area contributed by atoms with E-state index in [9.17, 15) is 20.1 Å². The van der Waals surface area contributed by atoms with E-state index in [1.165, 1.54) is 6.07 Å². The zero-order chi connectivity index (χ0) is 14.8. The number of nitrogens with two attached hydrogens (primary N) is 1. The maximum atomic E-state index is 10.7. The largest absolute Gasteiger partial charge is 0.508 e. The van der Waals surface area contributed by atoms with Crippen molar-refractivity contribution in [2.45, 2.75) is 44.8 Å². The molecular formula is C14H21NO4. The number of aliphatic hydroxyl groups excluding tert-OH is 2. The fourth-order valence-corrected chi connectivity index (χ4v) is 1.78. The number of phenolic OH excluding ortho intramolecular Hbond substituents is 1. The van der Waals surface area contributed by atoms with Crippen LogP contribution in [0.15, 0.2) is 18.2 Å². The van der Waals surface area contributed by atoms with Crippen LogP contribution in [0.1, 0.15) is 44.4 Å². The average molecular weight is 267 g/mol. The number of aromatic hydroxyl groups is 1. The van der Waals surface area contributed by atoms with Gasteiger partial charge in [-0.3, -0.25) is 4.79 Å². The topological polar surface area (TPSA) is 104 Å². The van der Waals surface area contributed by atoms with Gasteiger partial charge >= 0.3 is 0 Å². The minimum Gasteiger partial charge on any atom is -0.508 e. The van der Waals surface area contributed by atoms with Crippen LogP contribution in [0.3, 0.4) is 0 Å². The van der Waals surface area contributed by atoms with Crippen molar-refractivity contribution in [1.82, 2.24) is 0 Å². The number of aliphatic hydroxyl groups is 2. The third-order valence-corrected chi connectivity index (χ3v) is 2.99. The summed E-state index contributed by atoms with van der Waals surface area (Å²) in [5, 5.41) is 29.5. The highest BCUT2D eigenvalue weighted by atomic mass is 16.3. The first-order valence-corrected chi connectivity index (χ1v) is 6.10. The van der Waals surface area contributed by atoms with Gasteiger partial charge in [0.2, 0.25) is 5.91 Å². The first-order chi connectivity index (χ1) is 8.62. The zero-order valence-electron chi connectivity index (χ0n) is 11.4. The van der Waals surface area contributed by atoms with Gasteiger partial charge in [-0.25, -0.2) is 0 Å². The normalized spacial score (nSPS) is 15.0. The van der Waals surface area contributed by atoms with Crippen LogP contribution in [-0.4, -0.2) is 27.3 Å². The van der Waals surface area contributed by atoms with E-state index in [0.29, 0.717) is 0 Å². The number of hydrogen-bond acceptors (Lipinski definition) is 4. The van der Waals surface area contributed by atoms with Crippen molar-refractivity contribution in [2.75, 3.05) is 0 Å². The Labute approximate surface area is 112 Å². The summed E-state index contributed by atoms with van der Waals surface area (Å²) in [5.74, 6) is -0.831. The number of amides is 1. The number of hydrogen-bond donors (Lipinski definition) is 4. The Morgan fingerprint density at radius 1 is 1.32 bits per heavy atom. The molecule has 1 aromatic carbocycles. The molecule has 1 aromatic rings. The highest BCUT2D eigenvalue weighted by Gasteiger charge is 2.25. The molecule has 0 aromatic heterocycles. The molecule has 0 radical (unpaired) electrons. The van der Waals surface area contributed by atoms with E-state index in [1.807, 2.05) is 20.8 Å². The molecule has 19 heavy (non-hydrogen) atoms. The van der Waals surface area contributed by atoms with E-state index in [4.69, 9.17) is 5.73 Å². The SMILES string of the molecule is CC(C)(C)c1ccc(O)c(C(O)C(O)CC(N)=O)c1. The predicted molar refractivity (Wildman–Crippen MR) is 71.6 cm³/mol. The monoisotopic (exact) mass is 267 g/mol. The molecule has 5 N–H and O–H groups in total.